The van der Waals surface area contributed by atoms with Gasteiger partial charge in [-0.15, -0.1) is 0 Å². The molecule has 8 heteroatoms. The van der Waals surface area contributed by atoms with Gasteiger partial charge in [0, 0.05) is 36.8 Å². The second kappa shape index (κ2) is 14.4. The number of esters is 1. The maximum absolute atomic E-state index is 14.2. The third kappa shape index (κ3) is 6.62. The van der Waals surface area contributed by atoms with Crippen molar-refractivity contribution in [3.05, 3.63) is 47.0 Å². The van der Waals surface area contributed by atoms with Crippen molar-refractivity contribution in [2.45, 2.75) is 159 Å². The van der Waals surface area contributed by atoms with Crippen LogP contribution < -0.4 is 0 Å². The highest BCUT2D eigenvalue weighted by Crippen LogP contribution is 2.77. The summed E-state index contributed by atoms with van der Waals surface area (Å²) in [6.45, 7) is 22.0. The molecule has 2 N–H and O–H groups in total. The zero-order valence-corrected chi connectivity index (χ0v) is 35.4. The summed E-state index contributed by atoms with van der Waals surface area (Å²) in [6.07, 6.45) is 6.86. The minimum atomic E-state index is -1.18. The molecular weight excluding hydrogens is 691 g/mol. The van der Waals surface area contributed by atoms with Crippen LogP contribution in [0.15, 0.2) is 41.5 Å². The van der Waals surface area contributed by atoms with Gasteiger partial charge in [0.2, 0.25) is 5.91 Å². The Kier molecular flexibility index (Phi) is 10.9. The number of nitrogens with zero attached hydrogens (tertiary/aromatic N) is 1. The number of aliphatic hydroxyl groups is 1. The van der Waals surface area contributed by atoms with Gasteiger partial charge >= 0.3 is 11.9 Å². The summed E-state index contributed by atoms with van der Waals surface area (Å²) in [5.41, 5.74) is 1.00. The predicted octanol–water partition coefficient (Wildman–Crippen LogP) is 9.18. The van der Waals surface area contributed by atoms with Gasteiger partial charge in [0.1, 0.15) is 6.10 Å². The summed E-state index contributed by atoms with van der Waals surface area (Å²) < 4.78 is 6.17. The molecule has 4 saturated carbocycles. The van der Waals surface area contributed by atoms with E-state index in [-0.39, 0.29) is 64.3 Å². The molecule has 304 valence electrons. The number of ether oxygens (including phenoxy) is 1. The van der Waals surface area contributed by atoms with E-state index in [1.54, 1.807) is 18.7 Å². The molecule has 8 nitrogen and oxygen atoms in total. The van der Waals surface area contributed by atoms with Crippen LogP contribution in [0.2, 0.25) is 0 Å². The van der Waals surface area contributed by atoms with Crippen molar-refractivity contribution in [2.24, 2.45) is 56.2 Å². The van der Waals surface area contributed by atoms with Crippen LogP contribution in [0.1, 0.15) is 145 Å². The fourth-order valence-electron chi connectivity index (χ4n) is 13.6. The molecule has 0 bridgehead atoms. The number of amides is 1. The summed E-state index contributed by atoms with van der Waals surface area (Å²) in [4.78, 5) is 54.3. The molecule has 0 aliphatic heterocycles. The Morgan fingerprint density at radius 1 is 0.909 bits per heavy atom. The van der Waals surface area contributed by atoms with Crippen LogP contribution in [0.4, 0.5) is 0 Å². The number of aliphatic carboxylic acids is 1. The van der Waals surface area contributed by atoms with Gasteiger partial charge in [0.15, 0.2) is 5.78 Å². The monoisotopic (exact) mass is 760 g/mol. The second-order valence-corrected chi connectivity index (χ2v) is 20.7. The number of aliphatic hydroxyl groups excluding tert-OH is 1. The third-order valence-corrected chi connectivity index (χ3v) is 16.8. The lowest BCUT2D eigenvalue weighted by molar-refractivity contribution is -0.235. The lowest BCUT2D eigenvalue weighted by Gasteiger charge is -2.72. The van der Waals surface area contributed by atoms with E-state index in [9.17, 15) is 29.4 Å². The van der Waals surface area contributed by atoms with Gasteiger partial charge in [-0.1, -0.05) is 91.3 Å². The molecule has 0 heterocycles. The average molecular weight is 760 g/mol. The van der Waals surface area contributed by atoms with Crippen molar-refractivity contribution in [1.29, 1.82) is 0 Å². The first-order chi connectivity index (χ1) is 25.6. The van der Waals surface area contributed by atoms with Gasteiger partial charge in [-0.2, -0.15) is 0 Å². The molecule has 9 unspecified atom stereocenters. The summed E-state index contributed by atoms with van der Waals surface area (Å²) in [5, 5.41) is 22.1. The fourth-order valence-corrected chi connectivity index (χ4v) is 13.6. The van der Waals surface area contributed by atoms with E-state index in [4.69, 9.17) is 4.74 Å². The normalized spacial score (nSPS) is 36.0. The largest absolute Gasteiger partial charge is 0.481 e. The summed E-state index contributed by atoms with van der Waals surface area (Å²) in [5.74, 6) is -0.237. The summed E-state index contributed by atoms with van der Waals surface area (Å²) in [7, 11) is 0. The Bertz CT molecular complexity index is 1710. The Balaban J connectivity index is 1.30. The number of rotatable bonds is 11. The predicted molar refractivity (Wildman–Crippen MR) is 213 cm³/mol. The van der Waals surface area contributed by atoms with Crippen molar-refractivity contribution in [3.8, 4) is 0 Å². The van der Waals surface area contributed by atoms with Crippen LogP contribution in [0.3, 0.4) is 0 Å². The number of benzene rings is 1. The zero-order chi connectivity index (χ0) is 40.5. The Morgan fingerprint density at radius 2 is 1.58 bits per heavy atom. The molecule has 5 aliphatic rings. The molecule has 55 heavy (non-hydrogen) atoms. The van der Waals surface area contributed by atoms with Crippen molar-refractivity contribution < 1.29 is 34.1 Å². The number of carboxylic acid groups (broad SMARTS) is 1. The Morgan fingerprint density at radius 3 is 2.20 bits per heavy atom. The molecule has 0 spiro atoms. The number of hydrogen-bond acceptors (Lipinski definition) is 6. The molecule has 0 radical (unpaired) electrons. The van der Waals surface area contributed by atoms with E-state index in [1.807, 2.05) is 37.3 Å². The van der Waals surface area contributed by atoms with Crippen molar-refractivity contribution in [1.82, 2.24) is 4.90 Å². The van der Waals surface area contributed by atoms with Crippen LogP contribution in [0, 0.1) is 56.2 Å². The van der Waals surface area contributed by atoms with Gasteiger partial charge in [-0.25, -0.2) is 0 Å². The number of Topliss-reactive ketones (excluding diaryl/α,β-unsaturated/α-hetero) is 1. The van der Waals surface area contributed by atoms with Gasteiger partial charge in [-0.3, -0.25) is 19.2 Å². The molecule has 6 rings (SSSR count). The third-order valence-electron chi connectivity index (χ3n) is 16.8. The maximum Gasteiger partial charge on any atom is 0.309 e. The van der Waals surface area contributed by atoms with E-state index in [1.165, 1.54) is 5.57 Å². The molecule has 4 fully saturated rings. The Labute approximate surface area is 330 Å². The van der Waals surface area contributed by atoms with Crippen molar-refractivity contribution in [3.63, 3.8) is 0 Å². The molecule has 1 aromatic rings. The summed E-state index contributed by atoms with van der Waals surface area (Å²) >= 11 is 0. The molecular formula is C47H69NO7. The smallest absolute Gasteiger partial charge is 0.309 e. The minimum absolute atomic E-state index is 0.00162. The summed E-state index contributed by atoms with van der Waals surface area (Å²) in [6, 6.07) is 9.96. The molecule has 1 amide bonds. The number of allylic oxidation sites excluding steroid dienone is 1. The van der Waals surface area contributed by atoms with E-state index in [2.05, 4.69) is 48.5 Å². The number of fused-ring (bicyclic) bond motifs is 7. The lowest BCUT2D eigenvalue weighted by atomic mass is 9.33. The highest BCUT2D eigenvalue weighted by atomic mass is 16.5. The first-order valence-corrected chi connectivity index (χ1v) is 21.3. The van der Waals surface area contributed by atoms with E-state index in [0.29, 0.717) is 31.2 Å². The van der Waals surface area contributed by atoms with Crippen molar-refractivity contribution >= 4 is 23.6 Å². The van der Waals surface area contributed by atoms with Gasteiger partial charge in [-0.05, 0) is 116 Å². The fraction of sp³-hybridized carbons (Fsp3) is 0.745. The van der Waals surface area contributed by atoms with E-state index >= 15 is 0 Å². The van der Waals surface area contributed by atoms with E-state index in [0.717, 1.165) is 62.5 Å². The van der Waals surface area contributed by atoms with Gasteiger partial charge in [0.25, 0.3) is 0 Å². The average Bonchev–Trinajstić information content (AvgIpc) is 3.42. The standard InChI is InChI=1S/C47H69NO7/c1-11-37(51)48(27-30-15-13-12-14-16-30)28-35(50)47-24-23-45(9)31(40(47)39(29(2)3)32(49)25-47)17-18-34-44(8)21-20-36(55-38(52)26-42(4,5)41(53)54)43(6,7)33(44)19-22-46(34,45)10/h12-16,29,31,33-36,50H,11,17-28H2,1-10H3,(H,53,54). The van der Waals surface area contributed by atoms with Gasteiger partial charge < -0.3 is 19.8 Å². The highest BCUT2D eigenvalue weighted by molar-refractivity contribution is 6.00. The second-order valence-electron chi connectivity index (χ2n) is 20.7. The number of carboxylic acids is 1. The molecule has 1 aromatic carbocycles. The van der Waals surface area contributed by atoms with Gasteiger partial charge in [0.05, 0.1) is 17.9 Å². The Hall–Kier alpha value is -3.00. The van der Waals surface area contributed by atoms with Crippen molar-refractivity contribution in [2.75, 3.05) is 6.54 Å². The number of carbonyl (C=O) groups excluding carboxylic acids is 3. The van der Waals surface area contributed by atoms with E-state index < -0.39 is 28.9 Å². The topological polar surface area (TPSA) is 121 Å². The molecule has 0 aromatic heterocycles. The quantitative estimate of drug-likeness (QED) is 0.216. The number of ketones is 1. The van der Waals surface area contributed by atoms with Crippen LogP contribution in [0.5, 0.6) is 0 Å². The maximum atomic E-state index is 14.2. The highest BCUT2D eigenvalue weighted by Gasteiger charge is 2.71. The minimum Gasteiger partial charge on any atom is -0.481 e. The SMILES string of the molecule is CCC(=O)N(Cc1ccccc1)CC(O)C12CCC3(C)C(CCC4C5(C)CCC(OC(=O)CC(C)(C)C(=O)O)C(C)(C)C5CCC43C)C1=C(C(C)C)C(=O)C2. The first-order valence-electron chi connectivity index (χ1n) is 21.3. The first kappa shape index (κ1) is 41.6. The molecule has 5 aliphatic carbocycles. The van der Waals surface area contributed by atoms with Crippen LogP contribution in [-0.4, -0.2) is 57.5 Å². The lowest BCUT2D eigenvalue weighted by Crippen LogP contribution is -2.66. The zero-order valence-electron chi connectivity index (χ0n) is 35.4. The van der Waals surface area contributed by atoms with Crippen LogP contribution in [-0.2, 0) is 30.5 Å². The number of carbonyl (C=O) groups is 4. The van der Waals surface area contributed by atoms with Crippen LogP contribution >= 0.6 is 0 Å². The van der Waals surface area contributed by atoms with Crippen LogP contribution in [0.25, 0.3) is 0 Å². The molecule has 9 atom stereocenters. The molecule has 0 saturated heterocycles. The number of hydrogen-bond donors (Lipinski definition) is 2.